The molecule has 2 aromatic carbocycles. The average Bonchev–Trinajstić information content (AvgIpc) is 3.20. The van der Waals surface area contributed by atoms with Crippen LogP contribution in [0.15, 0.2) is 60.0 Å². The van der Waals surface area contributed by atoms with Crippen LogP contribution in [0.3, 0.4) is 0 Å². The topological polar surface area (TPSA) is 61.9 Å². The van der Waals surface area contributed by atoms with Gasteiger partial charge in [-0.05, 0) is 29.7 Å². The van der Waals surface area contributed by atoms with Crippen molar-refractivity contribution < 1.29 is 14.5 Å². The van der Waals surface area contributed by atoms with E-state index in [-0.39, 0.29) is 5.92 Å². The minimum absolute atomic E-state index is 0.248. The van der Waals surface area contributed by atoms with Crippen molar-refractivity contribution >= 4 is 16.5 Å². The number of ether oxygens (including phenoxy) is 2. The Morgan fingerprint density at radius 2 is 1.83 bits per heavy atom. The normalized spacial score (nSPS) is 15.9. The van der Waals surface area contributed by atoms with E-state index in [9.17, 15) is 0 Å². The quantitative estimate of drug-likeness (QED) is 0.619. The Kier molecular flexibility index (Phi) is 6.77. The highest BCUT2D eigenvalue weighted by molar-refractivity contribution is 7.13. The highest BCUT2D eigenvalue weighted by atomic mass is 32.1. The van der Waals surface area contributed by atoms with Gasteiger partial charge in [0, 0.05) is 25.0 Å². The van der Waals surface area contributed by atoms with Crippen LogP contribution < -0.4 is 15.5 Å². The van der Waals surface area contributed by atoms with Crippen molar-refractivity contribution in [3.63, 3.8) is 0 Å². The van der Waals surface area contributed by atoms with Gasteiger partial charge in [-0.15, -0.1) is 0 Å². The zero-order valence-corrected chi connectivity index (χ0v) is 17.4. The fourth-order valence-corrected chi connectivity index (χ4v) is 4.32. The molecule has 5 nitrogen and oxygen atoms in total. The van der Waals surface area contributed by atoms with Crippen LogP contribution in [-0.4, -0.2) is 44.4 Å². The Morgan fingerprint density at radius 3 is 2.52 bits per heavy atom. The third-order valence-electron chi connectivity index (χ3n) is 5.30. The van der Waals surface area contributed by atoms with Gasteiger partial charge in [0.2, 0.25) is 0 Å². The molecule has 1 aromatic heterocycles. The van der Waals surface area contributed by atoms with E-state index < -0.39 is 0 Å². The molecule has 1 aliphatic rings. The van der Waals surface area contributed by atoms with E-state index in [4.69, 9.17) is 15.2 Å². The first-order valence-electron chi connectivity index (χ1n) is 10.1. The van der Waals surface area contributed by atoms with Crippen LogP contribution in [0, 0.1) is 0 Å². The standard InChI is InChI=1S/C23H27N3O2S/c24-23-25-22(17-29-23)21(19-4-2-1-3-5-19)16-18-6-8-20(9-7-18)28-15-12-26-10-13-27-14-11-26/h1-9,17,21H,10-16H2,(H2,24,25)/p+1. The maximum absolute atomic E-state index is 5.94. The van der Waals surface area contributed by atoms with Crippen molar-refractivity contribution in [1.82, 2.24) is 4.90 Å². The first-order chi connectivity index (χ1) is 14.3. The molecule has 1 fully saturated rings. The third kappa shape index (κ3) is 5.56. The summed E-state index contributed by atoms with van der Waals surface area (Å²) in [5.41, 5.74) is 9.66. The summed E-state index contributed by atoms with van der Waals surface area (Å²) >= 11 is 1.55. The molecule has 1 aliphatic heterocycles. The molecule has 1 unspecified atom stereocenters. The summed E-state index contributed by atoms with van der Waals surface area (Å²) in [4.78, 5) is 5.70. The Morgan fingerprint density at radius 1 is 1.07 bits per heavy atom. The number of nitrogen functional groups attached to an aromatic ring is 1. The number of thiazole rings is 1. The van der Waals surface area contributed by atoms with Crippen LogP contribution >= 0.6 is 11.3 Å². The van der Waals surface area contributed by atoms with E-state index in [0.29, 0.717) is 6.61 Å². The van der Waals surface area contributed by atoms with E-state index >= 15 is 0 Å². The summed E-state index contributed by atoms with van der Waals surface area (Å²) in [7, 11) is 0. The van der Waals surface area contributed by atoms with Gasteiger partial charge in [0.15, 0.2) is 0 Å². The molecule has 29 heavy (non-hydrogen) atoms. The van der Waals surface area contributed by atoms with Crippen LogP contribution in [0.25, 0.3) is 0 Å². The molecule has 0 radical (unpaired) electrons. The maximum atomic E-state index is 5.94. The Labute approximate surface area is 176 Å². The Hall–Kier alpha value is -2.41. The molecular formula is C23H28N3O2S+. The number of aromatic nitrogens is 1. The van der Waals surface area contributed by atoms with Gasteiger partial charge in [-0.3, -0.25) is 10.6 Å². The number of aromatic amines is 1. The summed E-state index contributed by atoms with van der Waals surface area (Å²) in [6.07, 6.45) is 0.907. The average molecular weight is 411 g/mol. The number of nitrogens with one attached hydrogen (secondary N) is 1. The molecule has 152 valence electrons. The lowest BCUT2D eigenvalue weighted by Crippen LogP contribution is -2.38. The highest BCUT2D eigenvalue weighted by Crippen LogP contribution is 2.28. The predicted octanol–water partition coefficient (Wildman–Crippen LogP) is 3.23. The Balaban J connectivity index is 1.38. The monoisotopic (exact) mass is 410 g/mol. The zero-order chi connectivity index (χ0) is 19.9. The molecule has 0 aliphatic carbocycles. The number of morpholine rings is 1. The third-order valence-corrected chi connectivity index (χ3v) is 6.03. The van der Waals surface area contributed by atoms with E-state index in [2.05, 4.69) is 69.9 Å². The molecule has 2 heterocycles. The molecule has 0 bridgehead atoms. The molecular weight excluding hydrogens is 382 g/mol. The highest BCUT2D eigenvalue weighted by Gasteiger charge is 2.20. The Bertz CT molecular complexity index is 877. The lowest BCUT2D eigenvalue weighted by molar-refractivity contribution is -0.368. The molecule has 0 amide bonds. The first-order valence-corrected chi connectivity index (χ1v) is 11.0. The smallest absolute Gasteiger partial charge is 0.329 e. The maximum Gasteiger partial charge on any atom is 0.329 e. The minimum Gasteiger partial charge on any atom is -0.492 e. The first kappa shape index (κ1) is 19.9. The summed E-state index contributed by atoms with van der Waals surface area (Å²) in [6, 6.07) is 19.0. The van der Waals surface area contributed by atoms with Gasteiger partial charge in [-0.25, -0.2) is 4.98 Å². The van der Waals surface area contributed by atoms with Gasteiger partial charge >= 0.3 is 5.13 Å². The number of nitrogens with two attached hydrogens (primary N) is 1. The van der Waals surface area contributed by atoms with E-state index in [1.54, 1.807) is 11.3 Å². The van der Waals surface area contributed by atoms with Gasteiger partial charge in [-0.2, -0.15) is 0 Å². The minimum atomic E-state index is 0.248. The summed E-state index contributed by atoms with van der Waals surface area (Å²) in [5, 5.41) is 2.86. The van der Waals surface area contributed by atoms with Gasteiger partial charge in [0.1, 0.15) is 18.1 Å². The van der Waals surface area contributed by atoms with Crippen molar-refractivity contribution in [1.29, 1.82) is 0 Å². The lowest BCUT2D eigenvalue weighted by atomic mass is 9.90. The molecule has 3 N–H and O–H groups in total. The molecule has 6 heteroatoms. The summed E-state index contributed by atoms with van der Waals surface area (Å²) in [6.45, 7) is 5.28. The fourth-order valence-electron chi connectivity index (χ4n) is 3.66. The number of H-pyrrole nitrogens is 1. The molecule has 1 saturated heterocycles. The van der Waals surface area contributed by atoms with Crippen LogP contribution in [-0.2, 0) is 11.2 Å². The van der Waals surface area contributed by atoms with Gasteiger partial charge in [-0.1, -0.05) is 53.8 Å². The second kappa shape index (κ2) is 9.87. The molecule has 3 aromatic rings. The van der Waals surface area contributed by atoms with Crippen molar-refractivity contribution in [3.05, 3.63) is 76.8 Å². The molecule has 0 saturated carbocycles. The van der Waals surface area contributed by atoms with Crippen molar-refractivity contribution in [2.45, 2.75) is 12.3 Å². The number of nitrogens with zero attached hydrogens (tertiary/aromatic N) is 1. The van der Waals surface area contributed by atoms with E-state index in [0.717, 1.165) is 55.8 Å². The van der Waals surface area contributed by atoms with E-state index in [1.165, 1.54) is 11.1 Å². The van der Waals surface area contributed by atoms with Crippen molar-refractivity contribution in [2.24, 2.45) is 0 Å². The van der Waals surface area contributed by atoms with Crippen molar-refractivity contribution in [3.8, 4) is 5.75 Å². The predicted molar refractivity (Wildman–Crippen MR) is 116 cm³/mol. The number of anilines is 1. The van der Waals surface area contributed by atoms with Gasteiger partial charge < -0.3 is 9.47 Å². The second-order valence-electron chi connectivity index (χ2n) is 7.29. The summed E-state index contributed by atoms with van der Waals surface area (Å²) in [5.74, 6) is 1.17. The number of benzene rings is 2. The molecule has 1 atom stereocenters. The lowest BCUT2D eigenvalue weighted by Gasteiger charge is -2.26. The zero-order valence-electron chi connectivity index (χ0n) is 16.5. The van der Waals surface area contributed by atoms with E-state index in [1.807, 2.05) is 0 Å². The molecule has 4 rings (SSSR count). The van der Waals surface area contributed by atoms with Crippen LogP contribution in [0.5, 0.6) is 5.75 Å². The van der Waals surface area contributed by atoms with Gasteiger partial charge in [0.25, 0.3) is 0 Å². The SMILES string of the molecule is Nc1[nH+]c(C(Cc2ccc(OCCN3CCOCC3)cc2)c2ccccc2)cs1. The number of rotatable bonds is 8. The second-order valence-corrected chi connectivity index (χ2v) is 8.21. The van der Waals surface area contributed by atoms with Crippen LogP contribution in [0.4, 0.5) is 5.13 Å². The summed E-state index contributed by atoms with van der Waals surface area (Å²) < 4.78 is 11.3. The molecule has 0 spiro atoms. The largest absolute Gasteiger partial charge is 0.492 e. The van der Waals surface area contributed by atoms with Crippen molar-refractivity contribution in [2.75, 3.05) is 45.2 Å². The number of hydrogen-bond donors (Lipinski definition) is 1. The fraction of sp³-hybridized carbons (Fsp3) is 0.348. The van der Waals surface area contributed by atoms with Crippen LogP contribution in [0.1, 0.15) is 22.7 Å². The van der Waals surface area contributed by atoms with Crippen LogP contribution in [0.2, 0.25) is 0 Å². The van der Waals surface area contributed by atoms with Gasteiger partial charge in [0.05, 0.1) is 19.1 Å². The number of hydrogen-bond acceptors (Lipinski definition) is 5.